The third-order valence-electron chi connectivity index (χ3n) is 3.56. The van der Waals surface area contributed by atoms with Crippen molar-refractivity contribution in [2.75, 3.05) is 20.2 Å². The zero-order valence-corrected chi connectivity index (χ0v) is 13.4. The lowest BCUT2D eigenvalue weighted by Gasteiger charge is -2.17. The molecule has 0 spiro atoms. The standard InChI is InChI=1S/C14H16Cl2N2O4/c1-22-17-11(20)4-5-18-7-8(6-12(18)21)13-10(19)3-2-9(15)14(13)16/h2-3,8,19H,4-7H2,1H3,(H,17,20). The predicted octanol–water partition coefficient (Wildman–Crippen LogP) is 2.08. The number of nitrogens with one attached hydrogen (secondary N) is 1. The number of carbonyl (C=O) groups is 2. The van der Waals surface area contributed by atoms with Gasteiger partial charge in [0.1, 0.15) is 5.75 Å². The van der Waals surface area contributed by atoms with E-state index in [2.05, 4.69) is 10.3 Å². The van der Waals surface area contributed by atoms with Crippen molar-refractivity contribution in [2.24, 2.45) is 0 Å². The van der Waals surface area contributed by atoms with Gasteiger partial charge in [-0.05, 0) is 12.1 Å². The fourth-order valence-electron chi connectivity index (χ4n) is 2.53. The number of nitrogens with zero attached hydrogens (tertiary/aromatic N) is 1. The van der Waals surface area contributed by atoms with Crippen LogP contribution in [-0.2, 0) is 14.4 Å². The van der Waals surface area contributed by atoms with Gasteiger partial charge >= 0.3 is 0 Å². The van der Waals surface area contributed by atoms with Gasteiger partial charge in [-0.3, -0.25) is 14.4 Å². The summed E-state index contributed by atoms with van der Waals surface area (Å²) in [5.74, 6) is -0.622. The Hall–Kier alpha value is -1.50. The molecule has 0 aliphatic carbocycles. The van der Waals surface area contributed by atoms with Gasteiger partial charge in [0.2, 0.25) is 11.8 Å². The highest BCUT2D eigenvalue weighted by Crippen LogP contribution is 2.41. The summed E-state index contributed by atoms with van der Waals surface area (Å²) < 4.78 is 0. The molecule has 1 aromatic rings. The van der Waals surface area contributed by atoms with E-state index in [4.69, 9.17) is 23.2 Å². The molecule has 1 saturated heterocycles. The molecule has 1 aliphatic rings. The molecule has 1 unspecified atom stereocenters. The van der Waals surface area contributed by atoms with E-state index in [-0.39, 0.29) is 47.9 Å². The normalized spacial score (nSPS) is 17.9. The van der Waals surface area contributed by atoms with Crippen LogP contribution in [0.5, 0.6) is 5.75 Å². The van der Waals surface area contributed by atoms with Crippen molar-refractivity contribution in [3.05, 3.63) is 27.7 Å². The van der Waals surface area contributed by atoms with E-state index in [1.807, 2.05) is 0 Å². The van der Waals surface area contributed by atoms with Crippen LogP contribution in [-0.4, -0.2) is 42.0 Å². The lowest BCUT2D eigenvalue weighted by molar-refractivity contribution is -0.132. The zero-order valence-electron chi connectivity index (χ0n) is 11.9. The third-order valence-corrected chi connectivity index (χ3v) is 4.38. The van der Waals surface area contributed by atoms with Crippen LogP contribution < -0.4 is 5.48 Å². The Balaban J connectivity index is 2.07. The lowest BCUT2D eigenvalue weighted by Crippen LogP contribution is -2.31. The largest absolute Gasteiger partial charge is 0.508 e. The van der Waals surface area contributed by atoms with Gasteiger partial charge in [0.15, 0.2) is 0 Å². The summed E-state index contributed by atoms with van der Waals surface area (Å²) in [5, 5.41) is 10.6. The molecule has 0 radical (unpaired) electrons. The highest BCUT2D eigenvalue weighted by atomic mass is 35.5. The van der Waals surface area contributed by atoms with Crippen molar-refractivity contribution in [3.8, 4) is 5.75 Å². The molecule has 22 heavy (non-hydrogen) atoms. The molecule has 1 heterocycles. The molecule has 1 atom stereocenters. The molecule has 0 bridgehead atoms. The first-order chi connectivity index (χ1) is 10.4. The number of hydrogen-bond donors (Lipinski definition) is 2. The van der Waals surface area contributed by atoms with E-state index in [9.17, 15) is 14.7 Å². The number of halogens is 2. The van der Waals surface area contributed by atoms with Crippen LogP contribution in [0.4, 0.5) is 0 Å². The minimum Gasteiger partial charge on any atom is -0.508 e. The van der Waals surface area contributed by atoms with E-state index >= 15 is 0 Å². The van der Waals surface area contributed by atoms with Gasteiger partial charge in [-0.25, -0.2) is 5.48 Å². The van der Waals surface area contributed by atoms with E-state index in [0.717, 1.165) is 0 Å². The number of carbonyl (C=O) groups excluding carboxylic acids is 2. The number of benzene rings is 1. The van der Waals surface area contributed by atoms with Crippen LogP contribution in [0.15, 0.2) is 12.1 Å². The van der Waals surface area contributed by atoms with Gasteiger partial charge in [0.05, 0.1) is 17.2 Å². The number of hydroxylamine groups is 1. The van der Waals surface area contributed by atoms with Gasteiger partial charge in [-0.2, -0.15) is 0 Å². The Morgan fingerprint density at radius 2 is 2.23 bits per heavy atom. The van der Waals surface area contributed by atoms with Gasteiger partial charge in [0, 0.05) is 37.4 Å². The van der Waals surface area contributed by atoms with Crippen LogP contribution in [0.25, 0.3) is 0 Å². The molecule has 2 N–H and O–H groups in total. The molecule has 0 aromatic heterocycles. The highest BCUT2D eigenvalue weighted by Gasteiger charge is 2.33. The number of phenolic OH excluding ortho intramolecular Hbond substituents is 1. The lowest BCUT2D eigenvalue weighted by atomic mass is 9.97. The van der Waals surface area contributed by atoms with E-state index in [0.29, 0.717) is 17.1 Å². The average Bonchev–Trinajstić information content (AvgIpc) is 2.82. The second-order valence-electron chi connectivity index (χ2n) is 5.01. The van der Waals surface area contributed by atoms with Crippen molar-refractivity contribution >= 4 is 35.0 Å². The van der Waals surface area contributed by atoms with Crippen LogP contribution in [0.3, 0.4) is 0 Å². The van der Waals surface area contributed by atoms with Crippen molar-refractivity contribution < 1.29 is 19.5 Å². The van der Waals surface area contributed by atoms with Gasteiger partial charge in [0.25, 0.3) is 0 Å². The Bertz CT molecular complexity index is 594. The summed E-state index contributed by atoms with van der Waals surface area (Å²) in [4.78, 5) is 29.5. The first kappa shape index (κ1) is 16.9. The molecule has 120 valence electrons. The number of amides is 2. The first-order valence-electron chi connectivity index (χ1n) is 6.70. The minimum atomic E-state index is -0.303. The maximum Gasteiger partial charge on any atom is 0.245 e. The second kappa shape index (κ2) is 7.17. The smallest absolute Gasteiger partial charge is 0.245 e. The number of rotatable bonds is 5. The number of likely N-dealkylation sites (tertiary alicyclic amines) is 1. The van der Waals surface area contributed by atoms with E-state index < -0.39 is 0 Å². The molecule has 1 aliphatic heterocycles. The van der Waals surface area contributed by atoms with Crippen LogP contribution in [0.2, 0.25) is 10.0 Å². The van der Waals surface area contributed by atoms with Crippen LogP contribution in [0, 0.1) is 0 Å². The first-order valence-corrected chi connectivity index (χ1v) is 7.46. The fraction of sp³-hybridized carbons (Fsp3) is 0.429. The summed E-state index contributed by atoms with van der Waals surface area (Å²) in [5.41, 5.74) is 2.68. The van der Waals surface area contributed by atoms with E-state index in [1.54, 1.807) is 4.90 Å². The molecule has 0 saturated carbocycles. The topological polar surface area (TPSA) is 78.9 Å². The van der Waals surface area contributed by atoms with Crippen LogP contribution in [0.1, 0.15) is 24.3 Å². The summed E-state index contributed by atoms with van der Waals surface area (Å²) in [6.45, 7) is 0.663. The molecule has 8 heteroatoms. The summed E-state index contributed by atoms with van der Waals surface area (Å²) in [6, 6.07) is 2.97. The monoisotopic (exact) mass is 346 g/mol. The quantitative estimate of drug-likeness (QED) is 0.800. The zero-order chi connectivity index (χ0) is 16.3. The molecule has 2 rings (SSSR count). The van der Waals surface area contributed by atoms with Crippen molar-refractivity contribution in [1.29, 1.82) is 0 Å². The maximum atomic E-state index is 12.0. The van der Waals surface area contributed by atoms with Gasteiger partial charge in [-0.15, -0.1) is 0 Å². The van der Waals surface area contributed by atoms with Gasteiger partial charge < -0.3 is 10.0 Å². The maximum absolute atomic E-state index is 12.0. The predicted molar refractivity (Wildman–Crippen MR) is 81.8 cm³/mol. The minimum absolute atomic E-state index is 0.0196. The summed E-state index contributed by atoms with van der Waals surface area (Å²) in [6.07, 6.45) is 0.362. The molecule has 6 nitrogen and oxygen atoms in total. The number of hydrogen-bond acceptors (Lipinski definition) is 4. The molecule has 1 aromatic carbocycles. The van der Waals surface area contributed by atoms with Gasteiger partial charge in [-0.1, -0.05) is 23.2 Å². The molecular formula is C14H16Cl2N2O4. The number of aromatic hydroxyl groups is 1. The third kappa shape index (κ3) is 3.63. The van der Waals surface area contributed by atoms with Crippen molar-refractivity contribution in [2.45, 2.75) is 18.8 Å². The Morgan fingerprint density at radius 3 is 2.91 bits per heavy atom. The van der Waals surface area contributed by atoms with Crippen LogP contribution >= 0.6 is 23.2 Å². The molecule has 2 amide bonds. The molecule has 1 fully saturated rings. The Labute approximate surface area is 137 Å². The number of phenols is 1. The molecular weight excluding hydrogens is 331 g/mol. The Kier molecular flexibility index (Phi) is 5.50. The SMILES string of the molecule is CONC(=O)CCN1CC(c2c(O)ccc(Cl)c2Cl)CC1=O. The Morgan fingerprint density at radius 1 is 1.50 bits per heavy atom. The second-order valence-corrected chi connectivity index (χ2v) is 5.80. The van der Waals surface area contributed by atoms with Crippen molar-refractivity contribution in [1.82, 2.24) is 10.4 Å². The average molecular weight is 347 g/mol. The summed E-state index contributed by atoms with van der Waals surface area (Å²) in [7, 11) is 1.35. The van der Waals surface area contributed by atoms with Crippen molar-refractivity contribution in [3.63, 3.8) is 0 Å². The fourth-order valence-corrected chi connectivity index (χ4v) is 3.01. The van der Waals surface area contributed by atoms with E-state index in [1.165, 1.54) is 19.2 Å². The highest BCUT2D eigenvalue weighted by molar-refractivity contribution is 6.42. The summed E-state index contributed by atoms with van der Waals surface area (Å²) >= 11 is 12.1.